The molecule has 0 saturated carbocycles. The van der Waals surface area contributed by atoms with E-state index in [-0.39, 0.29) is 17.8 Å². The molecule has 7 heteroatoms. The zero-order chi connectivity index (χ0) is 24.7. The van der Waals surface area contributed by atoms with Crippen LogP contribution < -0.4 is 5.69 Å². The molecule has 2 aromatic carbocycles. The normalized spacial score (nSPS) is 16.1. The van der Waals surface area contributed by atoms with Gasteiger partial charge >= 0.3 is 11.8 Å². The van der Waals surface area contributed by atoms with Crippen LogP contribution >= 0.6 is 0 Å². The van der Waals surface area contributed by atoms with Crippen molar-refractivity contribution in [2.75, 3.05) is 13.1 Å². The highest BCUT2D eigenvalue weighted by Crippen LogP contribution is 2.29. The van der Waals surface area contributed by atoms with Gasteiger partial charge in [0.15, 0.2) is 5.65 Å². The number of aromatic nitrogens is 3. The molecule has 0 spiro atoms. The van der Waals surface area contributed by atoms with E-state index in [4.69, 9.17) is 4.74 Å². The first kappa shape index (κ1) is 22.9. The molecule has 0 unspecified atom stereocenters. The molecule has 1 aliphatic rings. The van der Waals surface area contributed by atoms with E-state index in [1.54, 1.807) is 20.2 Å². The number of hydrogen-bond acceptors (Lipinski definition) is 4. The minimum atomic E-state index is -0.562. The molecule has 0 N–H and O–H groups in total. The molecule has 1 atom stereocenters. The summed E-state index contributed by atoms with van der Waals surface area (Å²) >= 11 is 0. The lowest BCUT2D eigenvalue weighted by Crippen LogP contribution is -2.36. The second-order valence-electron chi connectivity index (χ2n) is 10.1. The Labute approximate surface area is 204 Å². The van der Waals surface area contributed by atoms with Gasteiger partial charge in [-0.15, -0.1) is 0 Å². The number of ether oxygens (including phenoxy) is 1. The summed E-state index contributed by atoms with van der Waals surface area (Å²) in [6, 6.07) is 19.9. The number of aryl methyl sites for hydroxylation is 1. The number of carbonyl (C=O) groups is 1. The van der Waals surface area contributed by atoms with Crippen molar-refractivity contribution in [3.8, 4) is 16.8 Å². The first-order chi connectivity index (χ1) is 16.7. The minimum Gasteiger partial charge on any atom is -0.444 e. The molecular formula is C28H30N4O3. The fourth-order valence-corrected chi connectivity index (χ4v) is 4.77. The third-order valence-electron chi connectivity index (χ3n) is 6.36. The summed E-state index contributed by atoms with van der Waals surface area (Å²) < 4.78 is 9.02. The van der Waals surface area contributed by atoms with Gasteiger partial charge in [0.2, 0.25) is 0 Å². The van der Waals surface area contributed by atoms with Crippen molar-refractivity contribution in [3.05, 3.63) is 82.9 Å². The largest absolute Gasteiger partial charge is 0.444 e. The fourth-order valence-electron chi connectivity index (χ4n) is 4.77. The zero-order valence-corrected chi connectivity index (χ0v) is 20.6. The lowest BCUT2D eigenvalue weighted by atomic mass is 10.0. The van der Waals surface area contributed by atoms with E-state index in [9.17, 15) is 9.59 Å². The van der Waals surface area contributed by atoms with Crippen molar-refractivity contribution < 1.29 is 9.53 Å². The van der Waals surface area contributed by atoms with Gasteiger partial charge in [-0.25, -0.2) is 14.6 Å². The van der Waals surface area contributed by atoms with Crippen LogP contribution in [-0.4, -0.2) is 43.8 Å². The predicted molar refractivity (Wildman–Crippen MR) is 137 cm³/mol. The Hall–Kier alpha value is -3.87. The number of rotatable bonds is 3. The summed E-state index contributed by atoms with van der Waals surface area (Å²) in [6.45, 7) is 8.53. The van der Waals surface area contributed by atoms with Crippen LogP contribution in [0.15, 0.2) is 71.7 Å². The third-order valence-corrected chi connectivity index (χ3v) is 6.36. The van der Waals surface area contributed by atoms with Gasteiger partial charge < -0.3 is 9.64 Å². The lowest BCUT2D eigenvalue weighted by molar-refractivity contribution is 0.0289. The lowest BCUT2D eigenvalue weighted by Gasteiger charge is -2.24. The number of pyridine rings is 1. The van der Waals surface area contributed by atoms with Crippen LogP contribution in [0.4, 0.5) is 4.79 Å². The fraction of sp³-hybridized carbons (Fsp3) is 0.321. The van der Waals surface area contributed by atoms with Crippen LogP contribution in [0.25, 0.3) is 28.0 Å². The molecule has 7 nitrogen and oxygen atoms in total. The van der Waals surface area contributed by atoms with Gasteiger partial charge in [-0.05, 0) is 75.1 Å². The molecule has 0 bridgehead atoms. The van der Waals surface area contributed by atoms with Crippen molar-refractivity contribution in [3.63, 3.8) is 0 Å². The Kier molecular flexibility index (Phi) is 5.71. The van der Waals surface area contributed by atoms with E-state index in [0.717, 1.165) is 27.9 Å². The Morgan fingerprint density at radius 1 is 1.03 bits per heavy atom. The molecule has 1 saturated heterocycles. The van der Waals surface area contributed by atoms with Gasteiger partial charge in [-0.2, -0.15) is 0 Å². The number of amides is 1. The molecule has 0 aliphatic carbocycles. The quantitative estimate of drug-likeness (QED) is 0.405. The number of hydrogen-bond donors (Lipinski definition) is 0. The molecule has 5 rings (SSSR count). The summed E-state index contributed by atoms with van der Waals surface area (Å²) in [4.78, 5) is 32.7. The van der Waals surface area contributed by atoms with Crippen molar-refractivity contribution in [2.45, 2.75) is 45.8 Å². The van der Waals surface area contributed by atoms with E-state index in [1.165, 1.54) is 0 Å². The highest BCUT2D eigenvalue weighted by Gasteiger charge is 2.33. The van der Waals surface area contributed by atoms with Gasteiger partial charge in [-0.1, -0.05) is 36.4 Å². The summed E-state index contributed by atoms with van der Waals surface area (Å²) in [7, 11) is 0. The maximum Gasteiger partial charge on any atom is 0.410 e. The van der Waals surface area contributed by atoms with Gasteiger partial charge in [0.1, 0.15) is 5.60 Å². The van der Waals surface area contributed by atoms with Crippen LogP contribution in [-0.2, 0) is 4.74 Å². The van der Waals surface area contributed by atoms with Crippen molar-refractivity contribution in [1.29, 1.82) is 0 Å². The van der Waals surface area contributed by atoms with Gasteiger partial charge in [0, 0.05) is 19.3 Å². The highest BCUT2D eigenvalue weighted by molar-refractivity contribution is 5.76. The van der Waals surface area contributed by atoms with E-state index >= 15 is 0 Å². The topological polar surface area (TPSA) is 69.4 Å². The monoisotopic (exact) mass is 470 g/mol. The van der Waals surface area contributed by atoms with E-state index in [1.807, 2.05) is 70.2 Å². The van der Waals surface area contributed by atoms with E-state index < -0.39 is 5.60 Å². The summed E-state index contributed by atoms with van der Waals surface area (Å²) in [5.41, 5.74) is 4.73. The summed E-state index contributed by atoms with van der Waals surface area (Å²) in [5.74, 6) is 0. The average molecular weight is 471 g/mol. The first-order valence-corrected chi connectivity index (χ1v) is 12.0. The second-order valence-corrected chi connectivity index (χ2v) is 10.1. The molecule has 1 aliphatic heterocycles. The summed E-state index contributed by atoms with van der Waals surface area (Å²) in [5, 5.41) is 0. The highest BCUT2D eigenvalue weighted by atomic mass is 16.6. The SMILES string of the molecule is Cc1cc(-c2ccccc2)ccc1-n1c(=O)n([C@@H]2CCN(C(=O)OC(C)(C)C)C2)c2ncccc21. The predicted octanol–water partition coefficient (Wildman–Crippen LogP) is 5.34. The van der Waals surface area contributed by atoms with Crippen LogP contribution in [0.2, 0.25) is 0 Å². The van der Waals surface area contributed by atoms with Crippen LogP contribution in [0.3, 0.4) is 0 Å². The molecule has 4 aromatic rings. The zero-order valence-electron chi connectivity index (χ0n) is 20.6. The standard InChI is InChI=1S/C28H30N4O3/c1-19-17-21(20-9-6-5-7-10-20)12-13-23(19)32-24-11-8-15-29-25(24)31(26(32)33)22-14-16-30(18-22)27(34)35-28(2,3)4/h5-13,15,17,22H,14,16,18H2,1-4H3/t22-/m1/s1. The molecule has 1 fully saturated rings. The van der Waals surface area contributed by atoms with Crippen molar-refractivity contribution >= 4 is 17.3 Å². The Morgan fingerprint density at radius 2 is 1.80 bits per heavy atom. The Balaban J connectivity index is 1.54. The molecule has 1 amide bonds. The van der Waals surface area contributed by atoms with E-state index in [2.05, 4.69) is 23.2 Å². The van der Waals surface area contributed by atoms with Gasteiger partial charge in [0.05, 0.1) is 17.2 Å². The maximum absolute atomic E-state index is 13.8. The maximum atomic E-state index is 13.8. The average Bonchev–Trinajstić information content (AvgIpc) is 3.41. The number of likely N-dealkylation sites (tertiary alicyclic amines) is 1. The third kappa shape index (κ3) is 4.34. The molecular weight excluding hydrogens is 440 g/mol. The van der Waals surface area contributed by atoms with Crippen molar-refractivity contribution in [1.82, 2.24) is 19.0 Å². The number of imidazole rings is 1. The number of carbonyl (C=O) groups excluding carboxylic acids is 1. The molecule has 180 valence electrons. The number of fused-ring (bicyclic) bond motifs is 1. The first-order valence-electron chi connectivity index (χ1n) is 12.0. The summed E-state index contributed by atoms with van der Waals surface area (Å²) in [6.07, 6.45) is 2.02. The van der Waals surface area contributed by atoms with E-state index in [0.29, 0.717) is 25.2 Å². The minimum absolute atomic E-state index is 0.148. The molecule has 0 radical (unpaired) electrons. The van der Waals surface area contributed by atoms with Gasteiger partial charge in [0.25, 0.3) is 0 Å². The molecule has 3 heterocycles. The Morgan fingerprint density at radius 3 is 2.51 bits per heavy atom. The smallest absolute Gasteiger partial charge is 0.410 e. The molecule has 2 aromatic heterocycles. The van der Waals surface area contributed by atoms with Crippen LogP contribution in [0, 0.1) is 6.92 Å². The van der Waals surface area contributed by atoms with Crippen LogP contribution in [0.5, 0.6) is 0 Å². The number of nitrogens with zero attached hydrogens (tertiary/aromatic N) is 4. The van der Waals surface area contributed by atoms with Crippen LogP contribution in [0.1, 0.15) is 38.8 Å². The molecule has 35 heavy (non-hydrogen) atoms. The Bertz CT molecular complexity index is 1450. The van der Waals surface area contributed by atoms with Crippen molar-refractivity contribution in [2.24, 2.45) is 0 Å². The number of benzene rings is 2. The van der Waals surface area contributed by atoms with Gasteiger partial charge in [-0.3, -0.25) is 9.13 Å². The second kappa shape index (κ2) is 8.73.